The van der Waals surface area contributed by atoms with Gasteiger partial charge < -0.3 is 5.11 Å². The number of thioether (sulfide) groups is 1. The van der Waals surface area contributed by atoms with Crippen LogP contribution in [0.15, 0.2) is 53.7 Å². The summed E-state index contributed by atoms with van der Waals surface area (Å²) in [6.07, 6.45) is 8.09. The third-order valence-electron chi connectivity index (χ3n) is 6.24. The first-order valence-corrected chi connectivity index (χ1v) is 12.5. The minimum Gasteiger partial charge on any atom is -0.478 e. The van der Waals surface area contributed by atoms with E-state index in [-0.39, 0.29) is 5.56 Å². The van der Waals surface area contributed by atoms with E-state index in [4.69, 9.17) is 0 Å². The molecule has 1 N–H and O–H groups in total. The minimum atomic E-state index is -0.925. The molecule has 6 heteroatoms. The van der Waals surface area contributed by atoms with E-state index in [9.17, 15) is 9.90 Å². The SMILES string of the molecule is CCCc1nnc(SC(c2ccc(C)cc2)C2CCCCC2)n1-c1cccc(C(=O)O)c1. The van der Waals surface area contributed by atoms with Crippen LogP contribution in [0, 0.1) is 12.8 Å². The Morgan fingerprint density at radius 1 is 1.12 bits per heavy atom. The van der Waals surface area contributed by atoms with Crippen LogP contribution in [-0.4, -0.2) is 25.8 Å². The van der Waals surface area contributed by atoms with Gasteiger partial charge in [0.05, 0.1) is 11.3 Å². The van der Waals surface area contributed by atoms with Crippen LogP contribution in [0.4, 0.5) is 0 Å². The smallest absolute Gasteiger partial charge is 0.335 e. The van der Waals surface area contributed by atoms with Crippen molar-refractivity contribution in [2.45, 2.75) is 69.2 Å². The monoisotopic (exact) mass is 449 g/mol. The lowest BCUT2D eigenvalue weighted by Gasteiger charge is -2.30. The van der Waals surface area contributed by atoms with Gasteiger partial charge in [0.1, 0.15) is 5.82 Å². The average molecular weight is 450 g/mol. The third kappa shape index (κ3) is 5.07. The van der Waals surface area contributed by atoms with Gasteiger partial charge in [0.2, 0.25) is 0 Å². The number of aromatic carboxylic acids is 1. The summed E-state index contributed by atoms with van der Waals surface area (Å²) in [7, 11) is 0. The van der Waals surface area contributed by atoms with E-state index in [2.05, 4.69) is 52.9 Å². The van der Waals surface area contributed by atoms with Crippen molar-refractivity contribution in [1.29, 1.82) is 0 Å². The summed E-state index contributed by atoms with van der Waals surface area (Å²) < 4.78 is 2.06. The first-order valence-electron chi connectivity index (χ1n) is 11.6. The van der Waals surface area contributed by atoms with Crippen molar-refractivity contribution in [1.82, 2.24) is 14.8 Å². The van der Waals surface area contributed by atoms with Crippen LogP contribution in [0.1, 0.15) is 78.0 Å². The number of carboxylic acids is 1. The Kier molecular flexibility index (Phi) is 7.30. The Bertz CT molecular complexity index is 1060. The lowest BCUT2D eigenvalue weighted by molar-refractivity contribution is 0.0697. The topological polar surface area (TPSA) is 68.0 Å². The minimum absolute atomic E-state index is 0.275. The molecule has 0 spiro atoms. The third-order valence-corrected chi connectivity index (χ3v) is 7.63. The second-order valence-electron chi connectivity index (χ2n) is 8.69. The molecule has 5 nitrogen and oxygen atoms in total. The predicted molar refractivity (Wildman–Crippen MR) is 129 cm³/mol. The molecule has 1 atom stereocenters. The second-order valence-corrected chi connectivity index (χ2v) is 9.80. The maximum atomic E-state index is 11.6. The summed E-state index contributed by atoms with van der Waals surface area (Å²) >= 11 is 1.78. The Hall–Kier alpha value is -2.60. The number of carboxylic acid groups (broad SMARTS) is 1. The highest BCUT2D eigenvalue weighted by Crippen LogP contribution is 2.46. The zero-order valence-electron chi connectivity index (χ0n) is 18.8. The van der Waals surface area contributed by atoms with Gasteiger partial charge in [-0.2, -0.15) is 0 Å². The molecule has 1 fully saturated rings. The van der Waals surface area contributed by atoms with Crippen molar-refractivity contribution in [2.24, 2.45) is 5.92 Å². The molecule has 0 radical (unpaired) electrons. The van der Waals surface area contributed by atoms with Crippen LogP contribution in [-0.2, 0) is 6.42 Å². The molecule has 4 rings (SSSR count). The molecule has 0 aliphatic heterocycles. The number of hydrogen-bond acceptors (Lipinski definition) is 4. The molecule has 32 heavy (non-hydrogen) atoms. The van der Waals surface area contributed by atoms with Crippen LogP contribution >= 0.6 is 11.8 Å². The van der Waals surface area contributed by atoms with Crippen LogP contribution in [0.2, 0.25) is 0 Å². The lowest BCUT2D eigenvalue weighted by Crippen LogP contribution is -2.15. The number of nitrogens with zero attached hydrogens (tertiary/aromatic N) is 3. The molecule has 3 aromatic rings. The summed E-state index contributed by atoms with van der Waals surface area (Å²) in [5.41, 5.74) is 3.68. The molecule has 0 saturated heterocycles. The summed E-state index contributed by atoms with van der Waals surface area (Å²) in [5.74, 6) is 0.552. The number of hydrogen-bond donors (Lipinski definition) is 1. The second kappa shape index (κ2) is 10.3. The number of aryl methyl sites for hydroxylation is 2. The summed E-state index contributed by atoms with van der Waals surface area (Å²) in [6.45, 7) is 4.24. The molecule has 1 aliphatic rings. The zero-order valence-corrected chi connectivity index (χ0v) is 19.6. The van der Waals surface area contributed by atoms with Crippen molar-refractivity contribution < 1.29 is 9.90 Å². The maximum absolute atomic E-state index is 11.6. The first kappa shape index (κ1) is 22.6. The number of rotatable bonds is 8. The fourth-order valence-corrected chi connectivity index (χ4v) is 5.93. The van der Waals surface area contributed by atoms with Crippen molar-refractivity contribution >= 4 is 17.7 Å². The van der Waals surface area contributed by atoms with Gasteiger partial charge in [-0.3, -0.25) is 4.57 Å². The quantitative estimate of drug-likeness (QED) is 0.390. The Morgan fingerprint density at radius 3 is 2.56 bits per heavy atom. The molecule has 1 aliphatic carbocycles. The number of carbonyl (C=O) groups is 1. The average Bonchev–Trinajstić information content (AvgIpc) is 3.21. The van der Waals surface area contributed by atoms with Crippen molar-refractivity contribution in [2.75, 3.05) is 0 Å². The zero-order chi connectivity index (χ0) is 22.5. The molecule has 0 amide bonds. The molecule has 2 aromatic carbocycles. The highest BCUT2D eigenvalue weighted by Gasteiger charge is 2.29. The van der Waals surface area contributed by atoms with Gasteiger partial charge in [0, 0.05) is 11.7 Å². The molecule has 1 aromatic heterocycles. The molecular formula is C26H31N3O2S. The summed E-state index contributed by atoms with van der Waals surface area (Å²) in [4.78, 5) is 11.6. The van der Waals surface area contributed by atoms with Gasteiger partial charge in [-0.05, 0) is 55.9 Å². The molecule has 0 bridgehead atoms. The number of benzene rings is 2. The van der Waals surface area contributed by atoms with E-state index >= 15 is 0 Å². The van der Waals surface area contributed by atoms with Gasteiger partial charge in [-0.1, -0.05) is 73.8 Å². The van der Waals surface area contributed by atoms with Crippen LogP contribution < -0.4 is 0 Å². The molecule has 1 saturated carbocycles. The first-order chi connectivity index (χ1) is 15.6. The fourth-order valence-electron chi connectivity index (χ4n) is 4.54. The van der Waals surface area contributed by atoms with Crippen LogP contribution in [0.5, 0.6) is 0 Å². The van der Waals surface area contributed by atoms with Gasteiger partial charge in [0.25, 0.3) is 0 Å². The van der Waals surface area contributed by atoms with E-state index in [1.807, 2.05) is 6.07 Å². The molecule has 1 unspecified atom stereocenters. The van der Waals surface area contributed by atoms with Gasteiger partial charge in [0.15, 0.2) is 5.16 Å². The van der Waals surface area contributed by atoms with Crippen LogP contribution in [0.3, 0.4) is 0 Å². The summed E-state index contributed by atoms with van der Waals surface area (Å²) in [6, 6.07) is 16.0. The van der Waals surface area contributed by atoms with E-state index in [1.54, 1.807) is 30.0 Å². The van der Waals surface area contributed by atoms with Crippen molar-refractivity contribution in [3.63, 3.8) is 0 Å². The van der Waals surface area contributed by atoms with Gasteiger partial charge >= 0.3 is 5.97 Å². The predicted octanol–water partition coefficient (Wildman–Crippen LogP) is 6.64. The highest BCUT2D eigenvalue weighted by molar-refractivity contribution is 7.99. The largest absolute Gasteiger partial charge is 0.478 e. The fraction of sp³-hybridized carbons (Fsp3) is 0.423. The van der Waals surface area contributed by atoms with Crippen LogP contribution in [0.25, 0.3) is 5.69 Å². The standard InChI is InChI=1S/C26H31N3O2S/c1-3-8-23-27-28-26(29(23)22-12-7-11-21(17-22)25(30)31)32-24(19-9-5-4-6-10-19)20-15-13-18(2)14-16-20/h7,11-17,19,24H,3-6,8-10H2,1-2H3,(H,30,31). The van der Waals surface area contributed by atoms with E-state index < -0.39 is 5.97 Å². The van der Waals surface area contributed by atoms with Gasteiger partial charge in [-0.25, -0.2) is 4.79 Å². The van der Waals surface area contributed by atoms with Gasteiger partial charge in [-0.15, -0.1) is 10.2 Å². The Labute approximate surface area is 194 Å². The number of aromatic nitrogens is 3. The van der Waals surface area contributed by atoms with E-state index in [0.717, 1.165) is 29.5 Å². The van der Waals surface area contributed by atoms with Crippen molar-refractivity contribution in [3.8, 4) is 5.69 Å². The molecule has 168 valence electrons. The van der Waals surface area contributed by atoms with E-state index in [1.165, 1.54) is 43.2 Å². The van der Waals surface area contributed by atoms with E-state index in [0.29, 0.717) is 11.2 Å². The molecular weight excluding hydrogens is 418 g/mol. The van der Waals surface area contributed by atoms with Crippen molar-refractivity contribution in [3.05, 3.63) is 71.0 Å². The Balaban J connectivity index is 1.74. The Morgan fingerprint density at radius 2 is 1.88 bits per heavy atom. The highest BCUT2D eigenvalue weighted by atomic mass is 32.2. The maximum Gasteiger partial charge on any atom is 0.335 e. The normalized spacial score (nSPS) is 15.6. The summed E-state index contributed by atoms with van der Waals surface area (Å²) in [5, 5.41) is 19.7. The molecule has 1 heterocycles. The lowest BCUT2D eigenvalue weighted by atomic mass is 9.84.